The van der Waals surface area contributed by atoms with Crippen molar-refractivity contribution < 1.29 is 0 Å². The first kappa shape index (κ1) is 15.7. The molecule has 3 fully saturated rings. The lowest BCUT2D eigenvalue weighted by Crippen LogP contribution is -2.53. The summed E-state index contributed by atoms with van der Waals surface area (Å²) in [7, 11) is 0. The first-order chi connectivity index (χ1) is 10.4. The van der Waals surface area contributed by atoms with Crippen LogP contribution >= 0.6 is 0 Å². The highest BCUT2D eigenvalue weighted by atomic mass is 15.2. The van der Waals surface area contributed by atoms with E-state index in [4.69, 9.17) is 5.73 Å². The van der Waals surface area contributed by atoms with Gasteiger partial charge in [0.1, 0.15) is 0 Å². The normalized spacial score (nSPS) is 34.1. The van der Waals surface area contributed by atoms with Crippen molar-refractivity contribution in [2.75, 3.05) is 45.8 Å². The van der Waals surface area contributed by atoms with Gasteiger partial charge in [0.2, 0.25) is 0 Å². The molecule has 0 bridgehead atoms. The van der Waals surface area contributed by atoms with Crippen LogP contribution in [0.15, 0.2) is 0 Å². The fraction of sp³-hybridized carbons (Fsp3) is 1.00. The molecule has 2 atom stereocenters. The van der Waals surface area contributed by atoms with E-state index >= 15 is 0 Å². The van der Waals surface area contributed by atoms with E-state index in [1.54, 1.807) is 0 Å². The molecular formula is C17H34N4. The van der Waals surface area contributed by atoms with E-state index in [2.05, 4.69) is 15.1 Å². The Bertz CT molecular complexity index is 295. The van der Waals surface area contributed by atoms with Gasteiger partial charge < -0.3 is 20.9 Å². The zero-order chi connectivity index (χ0) is 14.5. The predicted octanol–water partition coefficient (Wildman–Crippen LogP) is 1.26. The maximum Gasteiger partial charge on any atom is 0.0122 e. The number of piperidine rings is 3. The zero-order valence-corrected chi connectivity index (χ0v) is 13.6. The summed E-state index contributed by atoms with van der Waals surface area (Å²) in [6, 6.07) is 1.63. The predicted molar refractivity (Wildman–Crippen MR) is 88.5 cm³/mol. The SMILES string of the molecule is NCCN1CCC(C2CC(N3CCCCC3)CCN2)CC1. The van der Waals surface area contributed by atoms with Crippen LogP contribution in [0.5, 0.6) is 0 Å². The van der Waals surface area contributed by atoms with Crippen LogP contribution in [0.4, 0.5) is 0 Å². The molecule has 0 aromatic carbocycles. The molecule has 4 nitrogen and oxygen atoms in total. The first-order valence-corrected chi connectivity index (χ1v) is 9.26. The van der Waals surface area contributed by atoms with Gasteiger partial charge in [-0.1, -0.05) is 6.42 Å². The Morgan fingerprint density at radius 3 is 2.43 bits per heavy atom. The highest BCUT2D eigenvalue weighted by Gasteiger charge is 2.33. The number of rotatable bonds is 4. The van der Waals surface area contributed by atoms with E-state index < -0.39 is 0 Å². The van der Waals surface area contributed by atoms with Gasteiger partial charge in [-0.2, -0.15) is 0 Å². The van der Waals surface area contributed by atoms with Crippen molar-refractivity contribution in [2.45, 2.75) is 57.0 Å². The fourth-order valence-corrected chi connectivity index (χ4v) is 4.67. The van der Waals surface area contributed by atoms with E-state index in [0.29, 0.717) is 0 Å². The molecular weight excluding hydrogens is 260 g/mol. The minimum atomic E-state index is 0.769. The fourth-order valence-electron chi connectivity index (χ4n) is 4.67. The summed E-state index contributed by atoms with van der Waals surface area (Å²) < 4.78 is 0. The molecule has 3 N–H and O–H groups in total. The summed E-state index contributed by atoms with van der Waals surface area (Å²) in [4.78, 5) is 5.34. The van der Waals surface area contributed by atoms with Crippen molar-refractivity contribution >= 4 is 0 Å². The third kappa shape index (κ3) is 4.19. The van der Waals surface area contributed by atoms with Gasteiger partial charge in [0.25, 0.3) is 0 Å². The molecule has 3 aliphatic heterocycles. The Kier molecular flexibility index (Phi) is 5.92. The van der Waals surface area contributed by atoms with Crippen LogP contribution in [-0.2, 0) is 0 Å². The standard InChI is InChI=1S/C17H34N4/c18-7-13-20-11-5-15(6-12-20)17-14-16(4-8-19-17)21-9-2-1-3-10-21/h15-17,19H,1-14,18H2. The van der Waals surface area contributed by atoms with E-state index in [0.717, 1.165) is 31.1 Å². The topological polar surface area (TPSA) is 44.5 Å². The van der Waals surface area contributed by atoms with Crippen LogP contribution in [-0.4, -0.2) is 67.7 Å². The van der Waals surface area contributed by atoms with Gasteiger partial charge in [-0.05, 0) is 77.2 Å². The van der Waals surface area contributed by atoms with Crippen LogP contribution in [0.3, 0.4) is 0 Å². The molecule has 122 valence electrons. The minimum absolute atomic E-state index is 0.769. The third-order valence-electron chi connectivity index (χ3n) is 5.96. The molecule has 0 aliphatic carbocycles. The molecule has 2 unspecified atom stereocenters. The van der Waals surface area contributed by atoms with Crippen LogP contribution < -0.4 is 11.1 Å². The molecule has 3 heterocycles. The second-order valence-corrected chi connectivity index (χ2v) is 7.30. The van der Waals surface area contributed by atoms with E-state index in [9.17, 15) is 0 Å². The lowest BCUT2D eigenvalue weighted by Gasteiger charge is -2.44. The van der Waals surface area contributed by atoms with Crippen molar-refractivity contribution in [1.82, 2.24) is 15.1 Å². The van der Waals surface area contributed by atoms with Crippen LogP contribution in [0.1, 0.15) is 44.9 Å². The van der Waals surface area contributed by atoms with Crippen LogP contribution in [0.25, 0.3) is 0 Å². The number of hydrogen-bond donors (Lipinski definition) is 2. The first-order valence-electron chi connectivity index (χ1n) is 9.26. The van der Waals surface area contributed by atoms with Crippen molar-refractivity contribution in [3.63, 3.8) is 0 Å². The summed E-state index contributed by atoms with van der Waals surface area (Å²) in [5.74, 6) is 0.895. The maximum atomic E-state index is 5.68. The molecule has 0 spiro atoms. The van der Waals surface area contributed by atoms with Crippen LogP contribution in [0, 0.1) is 5.92 Å². The quantitative estimate of drug-likeness (QED) is 0.819. The van der Waals surface area contributed by atoms with Gasteiger partial charge in [0, 0.05) is 25.2 Å². The zero-order valence-electron chi connectivity index (χ0n) is 13.6. The van der Waals surface area contributed by atoms with Gasteiger partial charge in [-0.3, -0.25) is 0 Å². The second-order valence-electron chi connectivity index (χ2n) is 7.30. The van der Waals surface area contributed by atoms with Gasteiger partial charge in [0.05, 0.1) is 0 Å². The number of likely N-dealkylation sites (tertiary alicyclic amines) is 2. The average molecular weight is 294 g/mol. The Balaban J connectivity index is 1.47. The highest BCUT2D eigenvalue weighted by Crippen LogP contribution is 2.28. The van der Waals surface area contributed by atoms with Crippen molar-refractivity contribution in [3.8, 4) is 0 Å². The molecule has 0 saturated carbocycles. The highest BCUT2D eigenvalue weighted by molar-refractivity contribution is 4.91. The van der Waals surface area contributed by atoms with Gasteiger partial charge in [-0.15, -0.1) is 0 Å². The van der Waals surface area contributed by atoms with E-state index in [1.165, 1.54) is 77.7 Å². The molecule has 0 amide bonds. The summed E-state index contributed by atoms with van der Waals surface area (Å²) in [6.45, 7) is 8.35. The largest absolute Gasteiger partial charge is 0.329 e. The van der Waals surface area contributed by atoms with Crippen molar-refractivity contribution in [3.05, 3.63) is 0 Å². The molecule has 3 aliphatic rings. The van der Waals surface area contributed by atoms with Gasteiger partial charge in [0.15, 0.2) is 0 Å². The lowest BCUT2D eigenvalue weighted by molar-refractivity contribution is 0.0884. The summed E-state index contributed by atoms with van der Waals surface area (Å²) in [5.41, 5.74) is 5.68. The average Bonchev–Trinajstić information content (AvgIpc) is 2.57. The summed E-state index contributed by atoms with van der Waals surface area (Å²) >= 11 is 0. The van der Waals surface area contributed by atoms with Gasteiger partial charge in [-0.25, -0.2) is 0 Å². The molecule has 0 aromatic heterocycles. The van der Waals surface area contributed by atoms with E-state index in [-0.39, 0.29) is 0 Å². The molecule has 0 aromatic rings. The monoisotopic (exact) mass is 294 g/mol. The smallest absolute Gasteiger partial charge is 0.0122 e. The minimum Gasteiger partial charge on any atom is -0.329 e. The maximum absolute atomic E-state index is 5.68. The van der Waals surface area contributed by atoms with Gasteiger partial charge >= 0.3 is 0 Å². The lowest BCUT2D eigenvalue weighted by atomic mass is 9.82. The Morgan fingerprint density at radius 2 is 1.71 bits per heavy atom. The molecule has 21 heavy (non-hydrogen) atoms. The summed E-state index contributed by atoms with van der Waals surface area (Å²) in [6.07, 6.45) is 9.78. The third-order valence-corrected chi connectivity index (χ3v) is 5.96. The molecule has 4 heteroatoms. The Labute approximate surface area is 130 Å². The summed E-state index contributed by atoms with van der Waals surface area (Å²) in [5, 5.41) is 3.83. The Morgan fingerprint density at radius 1 is 0.952 bits per heavy atom. The number of nitrogens with one attached hydrogen (secondary N) is 1. The second kappa shape index (κ2) is 7.91. The number of hydrogen-bond acceptors (Lipinski definition) is 4. The number of nitrogens with two attached hydrogens (primary N) is 1. The van der Waals surface area contributed by atoms with Crippen molar-refractivity contribution in [2.24, 2.45) is 11.7 Å². The van der Waals surface area contributed by atoms with E-state index in [1.807, 2.05) is 0 Å². The molecule has 3 rings (SSSR count). The molecule has 0 radical (unpaired) electrons. The van der Waals surface area contributed by atoms with Crippen LogP contribution in [0.2, 0.25) is 0 Å². The van der Waals surface area contributed by atoms with Crippen molar-refractivity contribution in [1.29, 1.82) is 0 Å². The number of nitrogens with zero attached hydrogens (tertiary/aromatic N) is 2. The Hall–Kier alpha value is -0.160. The molecule has 3 saturated heterocycles.